The first kappa shape index (κ1) is 10.9. The molecule has 3 unspecified atom stereocenters. The molecule has 2 nitrogen and oxygen atoms in total. The molecule has 0 saturated carbocycles. The summed E-state index contributed by atoms with van der Waals surface area (Å²) < 4.78 is 0. The zero-order chi connectivity index (χ0) is 10.0. The summed E-state index contributed by atoms with van der Waals surface area (Å²) in [5, 5.41) is -0.153. The summed E-state index contributed by atoms with van der Waals surface area (Å²) in [6, 6.07) is 0.446. The fraction of sp³-hybridized carbons (Fsp3) is 0.900. The number of amides is 1. The van der Waals surface area contributed by atoms with Gasteiger partial charge < -0.3 is 4.90 Å². The Morgan fingerprint density at radius 2 is 2.31 bits per heavy atom. The molecule has 13 heavy (non-hydrogen) atoms. The number of likely N-dealkylation sites (tertiary alicyclic amines) is 1. The van der Waals surface area contributed by atoms with Crippen LogP contribution in [0, 0.1) is 5.92 Å². The largest absolute Gasteiger partial charge is 0.339 e. The summed E-state index contributed by atoms with van der Waals surface area (Å²) >= 11 is 4.19. The van der Waals surface area contributed by atoms with Gasteiger partial charge in [0.05, 0.1) is 5.25 Å². The maximum Gasteiger partial charge on any atom is 0.235 e. The molecular formula is C10H19NOS. The second-order valence-corrected chi connectivity index (χ2v) is 4.72. The van der Waals surface area contributed by atoms with Gasteiger partial charge in [-0.1, -0.05) is 13.8 Å². The molecule has 0 aromatic heterocycles. The molecule has 1 aliphatic rings. The summed E-state index contributed by atoms with van der Waals surface area (Å²) in [4.78, 5) is 13.7. The first-order valence-electron chi connectivity index (χ1n) is 5.06. The van der Waals surface area contributed by atoms with Crippen molar-refractivity contribution in [3.63, 3.8) is 0 Å². The van der Waals surface area contributed by atoms with Crippen molar-refractivity contribution in [1.82, 2.24) is 4.90 Å². The van der Waals surface area contributed by atoms with E-state index >= 15 is 0 Å². The van der Waals surface area contributed by atoms with Gasteiger partial charge in [0.15, 0.2) is 0 Å². The van der Waals surface area contributed by atoms with Crippen molar-refractivity contribution in [2.75, 3.05) is 6.54 Å². The standard InChI is InChI=1S/C10H19NOS/c1-4-9-7(2)5-6-11(9)10(12)8(3)13/h7-9,13H,4-6H2,1-3H3. The Morgan fingerprint density at radius 1 is 1.69 bits per heavy atom. The third-order valence-corrected chi connectivity index (χ3v) is 3.16. The van der Waals surface area contributed by atoms with Gasteiger partial charge >= 0.3 is 0 Å². The van der Waals surface area contributed by atoms with E-state index in [0.717, 1.165) is 19.4 Å². The van der Waals surface area contributed by atoms with Gasteiger partial charge in [0.2, 0.25) is 5.91 Å². The number of hydrogen-bond donors (Lipinski definition) is 1. The van der Waals surface area contributed by atoms with Crippen LogP contribution in [0.5, 0.6) is 0 Å². The van der Waals surface area contributed by atoms with Crippen LogP contribution in [0.3, 0.4) is 0 Å². The molecule has 1 rings (SSSR count). The van der Waals surface area contributed by atoms with Crippen LogP contribution in [0.25, 0.3) is 0 Å². The number of carbonyl (C=O) groups excluding carboxylic acids is 1. The smallest absolute Gasteiger partial charge is 0.235 e. The highest BCUT2D eigenvalue weighted by Gasteiger charge is 2.33. The fourth-order valence-corrected chi connectivity index (χ4v) is 2.29. The lowest BCUT2D eigenvalue weighted by Gasteiger charge is -2.27. The lowest BCUT2D eigenvalue weighted by molar-refractivity contribution is -0.131. The Labute approximate surface area is 86.1 Å². The van der Waals surface area contributed by atoms with Gasteiger partial charge in [0, 0.05) is 12.6 Å². The maximum absolute atomic E-state index is 11.7. The molecule has 76 valence electrons. The predicted octanol–water partition coefficient (Wildman–Crippen LogP) is 1.95. The minimum atomic E-state index is -0.153. The Kier molecular flexibility index (Phi) is 3.65. The van der Waals surface area contributed by atoms with Crippen LogP contribution < -0.4 is 0 Å². The van der Waals surface area contributed by atoms with E-state index in [1.165, 1.54) is 0 Å². The Balaban J connectivity index is 2.65. The van der Waals surface area contributed by atoms with Crippen molar-refractivity contribution in [2.45, 2.75) is 44.9 Å². The molecule has 1 saturated heterocycles. The van der Waals surface area contributed by atoms with E-state index in [-0.39, 0.29) is 11.2 Å². The number of thiol groups is 1. The van der Waals surface area contributed by atoms with E-state index in [0.29, 0.717) is 12.0 Å². The number of nitrogens with zero attached hydrogens (tertiary/aromatic N) is 1. The first-order valence-corrected chi connectivity index (χ1v) is 5.58. The van der Waals surface area contributed by atoms with Crippen molar-refractivity contribution in [1.29, 1.82) is 0 Å². The molecule has 3 atom stereocenters. The Morgan fingerprint density at radius 3 is 2.77 bits per heavy atom. The highest BCUT2D eigenvalue weighted by molar-refractivity contribution is 7.81. The van der Waals surface area contributed by atoms with Crippen LogP contribution in [0.2, 0.25) is 0 Å². The van der Waals surface area contributed by atoms with E-state index in [1.54, 1.807) is 0 Å². The van der Waals surface area contributed by atoms with Gasteiger partial charge in [-0.15, -0.1) is 0 Å². The van der Waals surface area contributed by atoms with E-state index < -0.39 is 0 Å². The van der Waals surface area contributed by atoms with E-state index in [2.05, 4.69) is 26.5 Å². The fourth-order valence-electron chi connectivity index (χ4n) is 2.14. The average Bonchev–Trinajstić information content (AvgIpc) is 2.45. The van der Waals surface area contributed by atoms with E-state index in [1.807, 2.05) is 11.8 Å². The molecule has 0 radical (unpaired) electrons. The molecule has 1 amide bonds. The van der Waals surface area contributed by atoms with Crippen LogP contribution in [-0.2, 0) is 4.79 Å². The SMILES string of the molecule is CCC1C(C)CCN1C(=O)C(C)S. The molecule has 0 aromatic carbocycles. The van der Waals surface area contributed by atoms with Crippen LogP contribution in [-0.4, -0.2) is 28.6 Å². The molecule has 1 heterocycles. The van der Waals surface area contributed by atoms with Gasteiger partial charge in [-0.05, 0) is 25.7 Å². The van der Waals surface area contributed by atoms with Crippen LogP contribution >= 0.6 is 12.6 Å². The summed E-state index contributed by atoms with van der Waals surface area (Å²) in [5.74, 6) is 0.848. The van der Waals surface area contributed by atoms with E-state index in [9.17, 15) is 4.79 Å². The predicted molar refractivity (Wildman–Crippen MR) is 58.0 cm³/mol. The van der Waals surface area contributed by atoms with Crippen molar-refractivity contribution in [3.05, 3.63) is 0 Å². The third-order valence-electron chi connectivity index (χ3n) is 2.94. The third kappa shape index (κ3) is 2.19. The van der Waals surface area contributed by atoms with Crippen LogP contribution in [0.1, 0.15) is 33.6 Å². The molecule has 0 aliphatic carbocycles. The lowest BCUT2D eigenvalue weighted by atomic mass is 10.0. The van der Waals surface area contributed by atoms with Crippen molar-refractivity contribution in [3.8, 4) is 0 Å². The zero-order valence-electron chi connectivity index (χ0n) is 8.66. The highest BCUT2D eigenvalue weighted by Crippen LogP contribution is 2.27. The monoisotopic (exact) mass is 201 g/mol. The van der Waals surface area contributed by atoms with Crippen molar-refractivity contribution >= 4 is 18.5 Å². The summed E-state index contributed by atoms with van der Waals surface area (Å²) in [6.07, 6.45) is 2.21. The number of carbonyl (C=O) groups is 1. The van der Waals surface area contributed by atoms with Crippen LogP contribution in [0.15, 0.2) is 0 Å². The molecule has 3 heteroatoms. The van der Waals surface area contributed by atoms with Gasteiger partial charge in [-0.25, -0.2) is 0 Å². The topological polar surface area (TPSA) is 20.3 Å². The Bertz CT molecular complexity index is 193. The molecule has 0 bridgehead atoms. The first-order chi connectivity index (χ1) is 6.07. The van der Waals surface area contributed by atoms with Gasteiger partial charge in [-0.2, -0.15) is 12.6 Å². The quantitative estimate of drug-likeness (QED) is 0.677. The number of hydrogen-bond acceptors (Lipinski definition) is 2. The second kappa shape index (κ2) is 4.36. The molecular weight excluding hydrogens is 182 g/mol. The van der Waals surface area contributed by atoms with Gasteiger partial charge in [-0.3, -0.25) is 4.79 Å². The van der Waals surface area contributed by atoms with Crippen LogP contribution in [0.4, 0.5) is 0 Å². The van der Waals surface area contributed by atoms with Gasteiger partial charge in [0.1, 0.15) is 0 Å². The molecule has 0 spiro atoms. The van der Waals surface area contributed by atoms with Crippen molar-refractivity contribution in [2.24, 2.45) is 5.92 Å². The molecule has 1 aliphatic heterocycles. The molecule has 0 N–H and O–H groups in total. The summed E-state index contributed by atoms with van der Waals surface area (Å²) in [6.45, 7) is 7.14. The van der Waals surface area contributed by atoms with Crippen molar-refractivity contribution < 1.29 is 4.79 Å². The highest BCUT2D eigenvalue weighted by atomic mass is 32.1. The van der Waals surface area contributed by atoms with E-state index in [4.69, 9.17) is 0 Å². The zero-order valence-corrected chi connectivity index (χ0v) is 9.55. The molecule has 1 fully saturated rings. The second-order valence-electron chi connectivity index (χ2n) is 3.95. The summed E-state index contributed by atoms with van der Waals surface area (Å²) in [7, 11) is 0. The minimum absolute atomic E-state index is 0.153. The minimum Gasteiger partial charge on any atom is -0.339 e. The lowest BCUT2D eigenvalue weighted by Crippen LogP contribution is -2.40. The normalized spacial score (nSPS) is 30.6. The summed E-state index contributed by atoms with van der Waals surface area (Å²) in [5.41, 5.74) is 0. The maximum atomic E-state index is 11.7. The van der Waals surface area contributed by atoms with Gasteiger partial charge in [0.25, 0.3) is 0 Å². The Hall–Kier alpha value is -0.180. The molecule has 0 aromatic rings. The number of rotatable bonds is 2. The average molecular weight is 201 g/mol.